The zero-order valence-electron chi connectivity index (χ0n) is 9.90. The van der Waals surface area contributed by atoms with Crippen LogP contribution in [0.2, 0.25) is 0 Å². The van der Waals surface area contributed by atoms with Crippen LogP contribution in [-0.2, 0) is 0 Å². The normalized spacial score (nSPS) is 11.5. The van der Waals surface area contributed by atoms with Gasteiger partial charge in [0, 0.05) is 4.75 Å². The summed E-state index contributed by atoms with van der Waals surface area (Å²) in [7, 11) is 3.52. The molecule has 0 aliphatic heterocycles. The number of aliphatic hydroxyl groups excluding tert-OH is 1. The van der Waals surface area contributed by atoms with Crippen molar-refractivity contribution in [2.45, 2.75) is 30.4 Å². The highest BCUT2D eigenvalue weighted by atomic mass is 33.1. The van der Waals surface area contributed by atoms with Crippen LogP contribution < -0.4 is 4.74 Å². The van der Waals surface area contributed by atoms with Crippen molar-refractivity contribution in [3.63, 3.8) is 0 Å². The second kappa shape index (κ2) is 6.42. The average Bonchev–Trinajstić information content (AvgIpc) is 2.23. The lowest BCUT2D eigenvalue weighted by Gasteiger charge is -2.17. The van der Waals surface area contributed by atoms with E-state index in [0.717, 1.165) is 10.6 Å². The van der Waals surface area contributed by atoms with Crippen molar-refractivity contribution < 1.29 is 9.84 Å². The van der Waals surface area contributed by atoms with Gasteiger partial charge in [0.05, 0.1) is 11.5 Å². The minimum Gasteiger partial charge on any atom is -0.490 e. The van der Waals surface area contributed by atoms with Crippen LogP contribution in [-0.4, -0.2) is 23.1 Å². The quantitative estimate of drug-likeness (QED) is 0.817. The summed E-state index contributed by atoms with van der Waals surface area (Å²) in [6, 6.07) is 7.91. The van der Waals surface area contributed by atoms with E-state index in [9.17, 15) is 0 Å². The minimum absolute atomic E-state index is 0.0470. The lowest BCUT2D eigenvalue weighted by molar-refractivity contribution is 0.198. The van der Waals surface area contributed by atoms with Gasteiger partial charge in [-0.05, 0) is 12.1 Å². The van der Waals surface area contributed by atoms with Gasteiger partial charge < -0.3 is 9.84 Å². The summed E-state index contributed by atoms with van der Waals surface area (Å²) in [5.74, 6) is 0.846. The van der Waals surface area contributed by atoms with E-state index in [-0.39, 0.29) is 11.4 Å². The third-order valence-electron chi connectivity index (χ3n) is 1.58. The van der Waals surface area contributed by atoms with Crippen LogP contribution in [0.3, 0.4) is 0 Å². The van der Waals surface area contributed by atoms with E-state index in [0.29, 0.717) is 6.61 Å². The molecule has 1 aromatic rings. The van der Waals surface area contributed by atoms with Crippen molar-refractivity contribution >= 4 is 21.6 Å². The Hall–Kier alpha value is -0.320. The Morgan fingerprint density at radius 3 is 2.56 bits per heavy atom. The number of para-hydroxylation sites is 1. The Morgan fingerprint density at radius 2 is 1.94 bits per heavy atom. The van der Waals surface area contributed by atoms with Crippen molar-refractivity contribution in [2.24, 2.45) is 0 Å². The monoisotopic (exact) mass is 258 g/mol. The smallest absolute Gasteiger partial charge is 0.133 e. The van der Waals surface area contributed by atoms with Gasteiger partial charge >= 0.3 is 0 Å². The molecule has 0 spiro atoms. The molecule has 1 N–H and O–H groups in total. The van der Waals surface area contributed by atoms with Gasteiger partial charge in [-0.15, -0.1) is 0 Å². The first kappa shape index (κ1) is 13.7. The van der Waals surface area contributed by atoms with Gasteiger partial charge in [-0.2, -0.15) is 0 Å². The molecular formula is C12H18O2S2. The fourth-order valence-corrected chi connectivity index (χ4v) is 3.08. The molecule has 0 aromatic heterocycles. The molecule has 0 unspecified atom stereocenters. The molecule has 2 nitrogen and oxygen atoms in total. The molecule has 90 valence electrons. The second-order valence-electron chi connectivity index (χ2n) is 4.30. The number of aliphatic hydroxyl groups is 1. The maximum atomic E-state index is 8.74. The van der Waals surface area contributed by atoms with Gasteiger partial charge in [0.2, 0.25) is 0 Å². The Morgan fingerprint density at radius 1 is 1.25 bits per heavy atom. The topological polar surface area (TPSA) is 29.5 Å². The maximum absolute atomic E-state index is 8.74. The summed E-state index contributed by atoms with van der Waals surface area (Å²) in [6.07, 6.45) is 0. The molecule has 0 radical (unpaired) electrons. The van der Waals surface area contributed by atoms with E-state index in [1.54, 1.807) is 10.8 Å². The fraction of sp³-hybridized carbons (Fsp3) is 0.500. The molecule has 16 heavy (non-hydrogen) atoms. The van der Waals surface area contributed by atoms with Crippen molar-refractivity contribution in [1.82, 2.24) is 0 Å². The summed E-state index contributed by atoms with van der Waals surface area (Å²) in [5.41, 5.74) is 0. The highest BCUT2D eigenvalue weighted by molar-refractivity contribution is 8.77. The Balaban J connectivity index is 2.63. The lowest BCUT2D eigenvalue weighted by Crippen LogP contribution is -2.05. The first-order valence-electron chi connectivity index (χ1n) is 5.21. The predicted molar refractivity (Wildman–Crippen MR) is 72.2 cm³/mol. The number of benzene rings is 1. The Kier molecular flexibility index (Phi) is 5.52. The van der Waals surface area contributed by atoms with Crippen molar-refractivity contribution in [3.8, 4) is 5.75 Å². The van der Waals surface area contributed by atoms with Crippen LogP contribution in [0.15, 0.2) is 29.2 Å². The first-order valence-corrected chi connectivity index (χ1v) is 7.36. The van der Waals surface area contributed by atoms with E-state index < -0.39 is 0 Å². The van der Waals surface area contributed by atoms with Gasteiger partial charge in [0.15, 0.2) is 0 Å². The number of hydrogen-bond acceptors (Lipinski definition) is 4. The number of ether oxygens (including phenoxy) is 1. The highest BCUT2D eigenvalue weighted by Crippen LogP contribution is 2.43. The molecule has 0 atom stereocenters. The third-order valence-corrected chi connectivity index (χ3v) is 4.97. The van der Waals surface area contributed by atoms with E-state index in [1.165, 1.54) is 0 Å². The van der Waals surface area contributed by atoms with E-state index in [4.69, 9.17) is 9.84 Å². The van der Waals surface area contributed by atoms with Gasteiger partial charge in [-0.3, -0.25) is 0 Å². The third kappa shape index (κ3) is 5.14. The average molecular weight is 258 g/mol. The molecule has 0 saturated carbocycles. The molecule has 0 aliphatic carbocycles. The van der Waals surface area contributed by atoms with Gasteiger partial charge in [0.1, 0.15) is 12.4 Å². The maximum Gasteiger partial charge on any atom is 0.133 e. The Bertz CT molecular complexity index is 321. The van der Waals surface area contributed by atoms with E-state index in [2.05, 4.69) is 20.8 Å². The number of rotatable bonds is 5. The second-order valence-corrected chi connectivity index (χ2v) is 7.30. The van der Waals surface area contributed by atoms with Crippen LogP contribution in [0.25, 0.3) is 0 Å². The van der Waals surface area contributed by atoms with E-state index >= 15 is 0 Å². The summed E-state index contributed by atoms with van der Waals surface area (Å²) in [6.45, 7) is 6.94. The molecule has 0 fully saturated rings. The van der Waals surface area contributed by atoms with Crippen LogP contribution in [0.4, 0.5) is 0 Å². The largest absolute Gasteiger partial charge is 0.490 e. The summed E-state index contributed by atoms with van der Waals surface area (Å²) in [4.78, 5) is 1.11. The minimum atomic E-state index is 0.0470. The summed E-state index contributed by atoms with van der Waals surface area (Å²) >= 11 is 0. The highest BCUT2D eigenvalue weighted by Gasteiger charge is 2.13. The standard InChI is InChI=1S/C12H18O2S2/c1-12(2,3)16-15-11-7-5-4-6-10(11)14-9-8-13/h4-7,13H,8-9H2,1-3H3. The van der Waals surface area contributed by atoms with Crippen LogP contribution in [0.1, 0.15) is 20.8 Å². The first-order chi connectivity index (χ1) is 7.53. The predicted octanol–water partition coefficient (Wildman–Crippen LogP) is 3.60. The molecule has 0 aliphatic rings. The fourth-order valence-electron chi connectivity index (χ4n) is 0.964. The summed E-state index contributed by atoms with van der Waals surface area (Å²) < 4.78 is 5.68. The van der Waals surface area contributed by atoms with Crippen LogP contribution >= 0.6 is 21.6 Å². The molecule has 0 bridgehead atoms. The molecule has 1 aromatic carbocycles. The molecule has 0 heterocycles. The van der Waals surface area contributed by atoms with Crippen LogP contribution in [0.5, 0.6) is 5.75 Å². The SMILES string of the molecule is CC(C)(C)SSc1ccccc1OCCO. The Labute approximate surface area is 105 Å². The zero-order valence-corrected chi connectivity index (χ0v) is 11.5. The van der Waals surface area contributed by atoms with Crippen molar-refractivity contribution in [3.05, 3.63) is 24.3 Å². The zero-order chi connectivity index (χ0) is 12.0. The molecule has 4 heteroatoms. The van der Waals surface area contributed by atoms with Gasteiger partial charge in [-0.25, -0.2) is 0 Å². The summed E-state index contributed by atoms with van der Waals surface area (Å²) in [5, 5.41) is 8.74. The van der Waals surface area contributed by atoms with Gasteiger partial charge in [-0.1, -0.05) is 54.5 Å². The lowest BCUT2D eigenvalue weighted by atomic mass is 10.3. The van der Waals surface area contributed by atoms with Crippen molar-refractivity contribution in [1.29, 1.82) is 0 Å². The number of hydrogen-bond donors (Lipinski definition) is 1. The molecule has 0 saturated heterocycles. The molecule has 1 rings (SSSR count). The van der Waals surface area contributed by atoms with Crippen LogP contribution in [0, 0.1) is 0 Å². The van der Waals surface area contributed by atoms with Crippen molar-refractivity contribution in [2.75, 3.05) is 13.2 Å². The van der Waals surface area contributed by atoms with Gasteiger partial charge in [0.25, 0.3) is 0 Å². The molecular weight excluding hydrogens is 240 g/mol. The molecule has 0 amide bonds. The van der Waals surface area contributed by atoms with E-state index in [1.807, 2.05) is 35.1 Å².